The van der Waals surface area contributed by atoms with E-state index in [-0.39, 0.29) is 11.9 Å². The van der Waals surface area contributed by atoms with E-state index in [0.29, 0.717) is 12.3 Å². The van der Waals surface area contributed by atoms with E-state index in [9.17, 15) is 4.39 Å². The number of halogens is 1. The Morgan fingerprint density at radius 3 is 2.94 bits per heavy atom. The van der Waals surface area contributed by atoms with Gasteiger partial charge in [-0.25, -0.2) is 4.39 Å². The van der Waals surface area contributed by atoms with Crippen LogP contribution in [0.4, 0.5) is 10.1 Å². The summed E-state index contributed by atoms with van der Waals surface area (Å²) in [7, 11) is 0. The summed E-state index contributed by atoms with van der Waals surface area (Å²) in [6.45, 7) is 4.82. The average Bonchev–Trinajstić information content (AvgIpc) is 2.57. The third-order valence-corrected chi connectivity index (χ3v) is 3.05. The molecule has 1 aliphatic heterocycles. The highest BCUT2D eigenvalue weighted by Crippen LogP contribution is 2.28. The van der Waals surface area contributed by atoms with Crippen LogP contribution < -0.4 is 10.6 Å². The van der Waals surface area contributed by atoms with Gasteiger partial charge in [0.05, 0.1) is 12.3 Å². The Morgan fingerprint density at radius 2 is 2.18 bits per heavy atom. The standard InChI is InChI=1S/C13H19FN2O/c1-10(15)11-4-2-5-12(14)13(11)16-6-3-8-17-9-7-16/h2,4-5,10H,3,6-9,15H2,1H3. The van der Waals surface area contributed by atoms with Crippen LogP contribution in [0, 0.1) is 5.82 Å². The van der Waals surface area contributed by atoms with E-state index in [1.165, 1.54) is 6.07 Å². The Morgan fingerprint density at radius 1 is 1.35 bits per heavy atom. The summed E-state index contributed by atoms with van der Waals surface area (Å²) in [6.07, 6.45) is 0.923. The van der Waals surface area contributed by atoms with E-state index >= 15 is 0 Å². The summed E-state index contributed by atoms with van der Waals surface area (Å²) in [5.74, 6) is -0.193. The molecule has 0 spiro atoms. The summed E-state index contributed by atoms with van der Waals surface area (Å²) in [6, 6.07) is 4.94. The van der Waals surface area contributed by atoms with Crippen LogP contribution in [-0.4, -0.2) is 26.3 Å². The number of rotatable bonds is 2. The molecule has 4 heteroatoms. The van der Waals surface area contributed by atoms with E-state index in [0.717, 1.165) is 31.7 Å². The number of nitrogens with two attached hydrogens (primary N) is 1. The van der Waals surface area contributed by atoms with Crippen molar-refractivity contribution in [3.8, 4) is 0 Å². The second kappa shape index (κ2) is 5.47. The highest BCUT2D eigenvalue weighted by molar-refractivity contribution is 5.56. The Balaban J connectivity index is 2.34. The maximum Gasteiger partial charge on any atom is 0.146 e. The molecule has 1 atom stereocenters. The molecule has 0 saturated carbocycles. The van der Waals surface area contributed by atoms with Crippen molar-refractivity contribution in [3.63, 3.8) is 0 Å². The number of hydrogen-bond donors (Lipinski definition) is 1. The molecule has 2 rings (SSSR count). The second-order valence-electron chi connectivity index (χ2n) is 4.42. The van der Waals surface area contributed by atoms with Gasteiger partial charge in [-0.3, -0.25) is 0 Å². The second-order valence-corrected chi connectivity index (χ2v) is 4.42. The van der Waals surface area contributed by atoms with Crippen LogP contribution in [0.1, 0.15) is 24.9 Å². The van der Waals surface area contributed by atoms with E-state index < -0.39 is 0 Å². The molecule has 3 nitrogen and oxygen atoms in total. The Bertz CT molecular complexity index is 374. The first-order chi connectivity index (χ1) is 8.20. The number of ether oxygens (including phenoxy) is 1. The smallest absolute Gasteiger partial charge is 0.146 e. The molecule has 1 fully saturated rings. The minimum Gasteiger partial charge on any atom is -0.380 e. The number of para-hydroxylation sites is 1. The van der Waals surface area contributed by atoms with Crippen molar-refractivity contribution in [2.75, 3.05) is 31.2 Å². The zero-order valence-electron chi connectivity index (χ0n) is 10.2. The van der Waals surface area contributed by atoms with Crippen LogP contribution in [-0.2, 0) is 4.74 Å². The van der Waals surface area contributed by atoms with Gasteiger partial charge in [0.2, 0.25) is 0 Å². The minimum absolute atomic E-state index is 0.162. The number of hydrogen-bond acceptors (Lipinski definition) is 3. The van der Waals surface area contributed by atoms with Crippen molar-refractivity contribution in [2.24, 2.45) is 5.73 Å². The molecule has 2 N–H and O–H groups in total. The number of nitrogens with zero attached hydrogens (tertiary/aromatic N) is 1. The number of benzene rings is 1. The fraction of sp³-hybridized carbons (Fsp3) is 0.538. The molecular weight excluding hydrogens is 219 g/mol. The van der Waals surface area contributed by atoms with Crippen molar-refractivity contribution < 1.29 is 9.13 Å². The molecule has 1 aromatic carbocycles. The molecule has 0 radical (unpaired) electrons. The van der Waals surface area contributed by atoms with Crippen LogP contribution >= 0.6 is 0 Å². The van der Waals surface area contributed by atoms with Crippen LogP contribution in [0.25, 0.3) is 0 Å². The van der Waals surface area contributed by atoms with Crippen LogP contribution in [0.2, 0.25) is 0 Å². The van der Waals surface area contributed by atoms with Crippen LogP contribution in [0.15, 0.2) is 18.2 Å². The third kappa shape index (κ3) is 2.76. The van der Waals surface area contributed by atoms with Gasteiger partial charge >= 0.3 is 0 Å². The maximum absolute atomic E-state index is 14.0. The van der Waals surface area contributed by atoms with E-state index in [1.807, 2.05) is 17.9 Å². The highest BCUT2D eigenvalue weighted by Gasteiger charge is 2.19. The molecule has 1 aliphatic rings. The van der Waals surface area contributed by atoms with Gasteiger partial charge in [0, 0.05) is 25.7 Å². The summed E-state index contributed by atoms with van der Waals surface area (Å²) in [4.78, 5) is 2.04. The molecule has 1 unspecified atom stereocenters. The summed E-state index contributed by atoms with van der Waals surface area (Å²) in [5, 5.41) is 0. The topological polar surface area (TPSA) is 38.5 Å². The lowest BCUT2D eigenvalue weighted by Crippen LogP contribution is -2.29. The van der Waals surface area contributed by atoms with Crippen molar-refractivity contribution in [3.05, 3.63) is 29.6 Å². The lowest BCUT2D eigenvalue weighted by atomic mass is 10.1. The van der Waals surface area contributed by atoms with Crippen LogP contribution in [0.5, 0.6) is 0 Å². The van der Waals surface area contributed by atoms with Crippen molar-refractivity contribution in [1.82, 2.24) is 0 Å². The molecule has 0 aromatic heterocycles. The fourth-order valence-corrected chi connectivity index (χ4v) is 2.20. The van der Waals surface area contributed by atoms with E-state index in [4.69, 9.17) is 10.5 Å². The first kappa shape index (κ1) is 12.3. The van der Waals surface area contributed by atoms with E-state index in [2.05, 4.69) is 0 Å². The molecule has 17 heavy (non-hydrogen) atoms. The summed E-state index contributed by atoms with van der Waals surface area (Å²) in [5.41, 5.74) is 7.42. The maximum atomic E-state index is 14.0. The van der Waals surface area contributed by atoms with Crippen LogP contribution in [0.3, 0.4) is 0 Å². The van der Waals surface area contributed by atoms with Crippen molar-refractivity contribution >= 4 is 5.69 Å². The van der Waals surface area contributed by atoms with Gasteiger partial charge in [-0.2, -0.15) is 0 Å². The minimum atomic E-state index is -0.193. The molecular formula is C13H19FN2O. The Kier molecular flexibility index (Phi) is 3.97. The summed E-state index contributed by atoms with van der Waals surface area (Å²) >= 11 is 0. The normalized spacial score (nSPS) is 18.9. The quantitative estimate of drug-likeness (QED) is 0.857. The molecule has 1 aromatic rings. The predicted molar refractivity (Wildman–Crippen MR) is 66.7 cm³/mol. The van der Waals surface area contributed by atoms with Crippen molar-refractivity contribution in [1.29, 1.82) is 0 Å². The zero-order valence-corrected chi connectivity index (χ0v) is 10.2. The van der Waals surface area contributed by atoms with Gasteiger partial charge in [0.25, 0.3) is 0 Å². The molecule has 1 heterocycles. The van der Waals surface area contributed by atoms with Gasteiger partial charge in [-0.1, -0.05) is 12.1 Å². The first-order valence-corrected chi connectivity index (χ1v) is 6.07. The number of anilines is 1. The van der Waals surface area contributed by atoms with Gasteiger partial charge in [-0.15, -0.1) is 0 Å². The first-order valence-electron chi connectivity index (χ1n) is 6.07. The SMILES string of the molecule is CC(N)c1cccc(F)c1N1CCCOCC1. The highest BCUT2D eigenvalue weighted by atomic mass is 19.1. The van der Waals surface area contributed by atoms with Gasteiger partial charge < -0.3 is 15.4 Å². The molecule has 0 aliphatic carbocycles. The Hall–Kier alpha value is -1.13. The monoisotopic (exact) mass is 238 g/mol. The Labute approximate surface area is 101 Å². The molecule has 0 bridgehead atoms. The van der Waals surface area contributed by atoms with Gasteiger partial charge in [0.1, 0.15) is 5.82 Å². The van der Waals surface area contributed by atoms with Crippen molar-refractivity contribution in [2.45, 2.75) is 19.4 Å². The largest absolute Gasteiger partial charge is 0.380 e. The summed E-state index contributed by atoms with van der Waals surface area (Å²) < 4.78 is 19.4. The lowest BCUT2D eigenvalue weighted by molar-refractivity contribution is 0.152. The molecule has 94 valence electrons. The zero-order chi connectivity index (χ0) is 12.3. The molecule has 0 amide bonds. The van der Waals surface area contributed by atoms with E-state index in [1.54, 1.807) is 6.07 Å². The predicted octanol–water partition coefficient (Wildman–Crippen LogP) is 2.07. The average molecular weight is 238 g/mol. The third-order valence-electron chi connectivity index (χ3n) is 3.05. The van der Waals surface area contributed by atoms with Gasteiger partial charge in [0.15, 0.2) is 0 Å². The molecule has 1 saturated heterocycles. The fourth-order valence-electron chi connectivity index (χ4n) is 2.20. The lowest BCUT2D eigenvalue weighted by Gasteiger charge is -2.26. The van der Waals surface area contributed by atoms with Gasteiger partial charge in [-0.05, 0) is 25.0 Å².